The lowest BCUT2D eigenvalue weighted by Gasteiger charge is -2.49. The van der Waals surface area contributed by atoms with E-state index >= 15 is 0 Å². The number of allylic oxidation sites excluding steroid dienone is 4. The van der Waals surface area contributed by atoms with Crippen LogP contribution in [-0.4, -0.2) is 12.9 Å². The van der Waals surface area contributed by atoms with E-state index in [0.29, 0.717) is 11.8 Å². The van der Waals surface area contributed by atoms with Crippen LogP contribution in [0.5, 0.6) is 5.75 Å². The highest BCUT2D eigenvalue weighted by molar-refractivity contribution is 6.04. The topological polar surface area (TPSA) is 26.3 Å². The van der Waals surface area contributed by atoms with Gasteiger partial charge in [-0.25, -0.2) is 0 Å². The Kier molecular flexibility index (Phi) is 4.89. The van der Waals surface area contributed by atoms with E-state index < -0.39 is 0 Å². The Morgan fingerprint density at radius 1 is 1.13 bits per heavy atom. The van der Waals surface area contributed by atoms with E-state index in [4.69, 9.17) is 4.74 Å². The molecule has 5 rings (SSSR count). The molecule has 0 saturated heterocycles. The Morgan fingerprint density at radius 2 is 1.97 bits per heavy atom. The van der Waals surface area contributed by atoms with Crippen molar-refractivity contribution in [3.05, 3.63) is 89.0 Å². The molecule has 0 amide bonds. The van der Waals surface area contributed by atoms with Crippen LogP contribution in [0.4, 0.5) is 0 Å². The number of carbonyl (C=O) groups is 1. The fourth-order valence-electron chi connectivity index (χ4n) is 6.33. The predicted octanol–water partition coefficient (Wildman–Crippen LogP) is 6.53. The summed E-state index contributed by atoms with van der Waals surface area (Å²) in [5, 5.41) is 0. The summed E-state index contributed by atoms with van der Waals surface area (Å²) >= 11 is 0. The van der Waals surface area contributed by atoms with Gasteiger partial charge in [-0.2, -0.15) is 0 Å². The van der Waals surface area contributed by atoms with E-state index in [9.17, 15) is 4.79 Å². The Labute approximate surface area is 179 Å². The van der Waals surface area contributed by atoms with Gasteiger partial charge in [0.1, 0.15) is 5.75 Å². The van der Waals surface area contributed by atoms with E-state index in [1.807, 2.05) is 30.3 Å². The molecule has 30 heavy (non-hydrogen) atoms. The van der Waals surface area contributed by atoms with Crippen molar-refractivity contribution >= 4 is 5.78 Å². The Morgan fingerprint density at radius 3 is 2.77 bits per heavy atom. The molecule has 0 aliphatic heterocycles. The van der Waals surface area contributed by atoms with Gasteiger partial charge in [-0.3, -0.25) is 4.79 Å². The first-order chi connectivity index (χ1) is 14.6. The van der Waals surface area contributed by atoms with E-state index in [2.05, 4.69) is 37.3 Å². The summed E-state index contributed by atoms with van der Waals surface area (Å²) in [5.74, 6) is 3.15. The van der Waals surface area contributed by atoms with E-state index in [-0.39, 0.29) is 11.2 Å². The number of ketones is 1. The van der Waals surface area contributed by atoms with Gasteiger partial charge in [0, 0.05) is 5.56 Å². The lowest BCUT2D eigenvalue weighted by atomic mass is 9.56. The number of aryl methyl sites for hydroxylation is 1. The van der Waals surface area contributed by atoms with Gasteiger partial charge in [0.25, 0.3) is 0 Å². The second-order valence-corrected chi connectivity index (χ2v) is 9.51. The number of hydrogen-bond acceptors (Lipinski definition) is 2. The standard InChI is InChI=1S/C28H30O2/c1-28-15-14-24-23-12-10-22(30-2)17-21(23)9-11-25(24)26(28)16-19(18-28)8-13-27(29)20-6-4-3-5-7-20/h3-8,10,12-13,17-18,24-26H,9,11,14-16H2,1-2H3/b13-8+/t24-,25-,26+,28-/m1/s1. The van der Waals surface area contributed by atoms with E-state index in [0.717, 1.165) is 30.1 Å². The first kappa shape index (κ1) is 19.4. The number of carbonyl (C=O) groups excluding carboxylic acids is 1. The largest absolute Gasteiger partial charge is 0.497 e. The Bertz CT molecular complexity index is 1020. The van der Waals surface area contributed by atoms with Crippen molar-refractivity contribution < 1.29 is 9.53 Å². The van der Waals surface area contributed by atoms with Crippen molar-refractivity contribution in [3.63, 3.8) is 0 Å². The number of fused-ring (bicyclic) bond motifs is 5. The average molecular weight is 399 g/mol. The third-order valence-corrected chi connectivity index (χ3v) is 7.85. The zero-order chi connectivity index (χ0) is 20.7. The van der Waals surface area contributed by atoms with Crippen LogP contribution in [0.3, 0.4) is 0 Å². The summed E-state index contributed by atoms with van der Waals surface area (Å²) in [5.41, 5.74) is 5.40. The maximum absolute atomic E-state index is 12.5. The second kappa shape index (κ2) is 7.58. The number of hydrogen-bond donors (Lipinski definition) is 0. The third-order valence-electron chi connectivity index (χ3n) is 7.85. The number of benzene rings is 2. The second-order valence-electron chi connectivity index (χ2n) is 9.51. The molecule has 4 atom stereocenters. The lowest BCUT2D eigenvalue weighted by Crippen LogP contribution is -2.39. The van der Waals surface area contributed by atoms with Gasteiger partial charge in [-0.15, -0.1) is 0 Å². The van der Waals surface area contributed by atoms with Crippen LogP contribution in [-0.2, 0) is 6.42 Å². The minimum atomic E-state index is 0.0925. The van der Waals surface area contributed by atoms with Crippen LogP contribution in [0.15, 0.2) is 72.3 Å². The van der Waals surface area contributed by atoms with Crippen molar-refractivity contribution in [2.75, 3.05) is 7.11 Å². The summed E-state index contributed by atoms with van der Waals surface area (Å²) < 4.78 is 5.45. The minimum absolute atomic E-state index is 0.0925. The number of ether oxygens (including phenoxy) is 1. The first-order valence-electron chi connectivity index (χ1n) is 11.2. The predicted molar refractivity (Wildman–Crippen MR) is 121 cm³/mol. The highest BCUT2D eigenvalue weighted by atomic mass is 16.5. The first-order valence-corrected chi connectivity index (χ1v) is 11.2. The van der Waals surface area contributed by atoms with Crippen LogP contribution in [0, 0.1) is 17.3 Å². The minimum Gasteiger partial charge on any atom is -0.497 e. The highest BCUT2D eigenvalue weighted by Gasteiger charge is 2.49. The molecule has 2 aromatic carbocycles. The molecular formula is C28H30O2. The zero-order valence-corrected chi connectivity index (χ0v) is 17.9. The van der Waals surface area contributed by atoms with Crippen LogP contribution >= 0.6 is 0 Å². The molecular weight excluding hydrogens is 368 g/mol. The molecule has 1 saturated carbocycles. The van der Waals surface area contributed by atoms with Gasteiger partial charge in [0.2, 0.25) is 0 Å². The number of methoxy groups -OCH3 is 1. The van der Waals surface area contributed by atoms with Crippen molar-refractivity contribution in [3.8, 4) is 5.75 Å². The van der Waals surface area contributed by atoms with Crippen molar-refractivity contribution in [2.45, 2.75) is 44.9 Å². The summed E-state index contributed by atoms with van der Waals surface area (Å²) in [7, 11) is 1.75. The lowest BCUT2D eigenvalue weighted by molar-refractivity contribution is 0.0822. The third kappa shape index (κ3) is 3.33. The van der Waals surface area contributed by atoms with Gasteiger partial charge in [-0.1, -0.05) is 61.0 Å². The van der Waals surface area contributed by atoms with Crippen LogP contribution in [0.25, 0.3) is 0 Å². The van der Waals surface area contributed by atoms with Crippen molar-refractivity contribution in [1.29, 1.82) is 0 Å². The summed E-state index contributed by atoms with van der Waals surface area (Å²) in [4.78, 5) is 12.5. The molecule has 2 aromatic rings. The van der Waals surface area contributed by atoms with Crippen molar-refractivity contribution in [2.24, 2.45) is 17.3 Å². The van der Waals surface area contributed by atoms with Gasteiger partial charge in [0.15, 0.2) is 5.78 Å². The molecule has 0 spiro atoms. The normalized spacial score (nSPS) is 29.7. The number of rotatable bonds is 4. The molecule has 1 fully saturated rings. The SMILES string of the molecule is COc1ccc2c(c1)CC[C@@H]1[C@@H]2CC[C@]2(C)C=C(/C=C/C(=O)c3ccccc3)C[C@@H]12. The quantitative estimate of drug-likeness (QED) is 0.432. The molecule has 2 nitrogen and oxygen atoms in total. The van der Waals surface area contributed by atoms with Gasteiger partial charge in [-0.05, 0) is 84.6 Å². The molecule has 0 N–H and O–H groups in total. The summed E-state index contributed by atoms with van der Waals surface area (Å²) in [6.07, 6.45) is 12.3. The van der Waals surface area contributed by atoms with E-state index in [1.165, 1.54) is 30.4 Å². The molecule has 0 radical (unpaired) electrons. The molecule has 0 aromatic heterocycles. The Hall–Kier alpha value is -2.61. The molecule has 2 heteroatoms. The zero-order valence-electron chi connectivity index (χ0n) is 17.9. The maximum Gasteiger partial charge on any atom is 0.185 e. The fraction of sp³-hybridized carbons (Fsp3) is 0.393. The monoisotopic (exact) mass is 398 g/mol. The Balaban J connectivity index is 1.35. The molecule has 0 heterocycles. The molecule has 3 aliphatic rings. The van der Waals surface area contributed by atoms with Crippen molar-refractivity contribution in [1.82, 2.24) is 0 Å². The van der Waals surface area contributed by atoms with Gasteiger partial charge in [0.05, 0.1) is 7.11 Å². The maximum atomic E-state index is 12.5. The van der Waals surface area contributed by atoms with Crippen LogP contribution < -0.4 is 4.74 Å². The van der Waals surface area contributed by atoms with E-state index in [1.54, 1.807) is 18.7 Å². The highest BCUT2D eigenvalue weighted by Crippen LogP contribution is 2.60. The molecule has 0 unspecified atom stereocenters. The molecule has 154 valence electrons. The van der Waals surface area contributed by atoms with Crippen LogP contribution in [0.1, 0.15) is 60.0 Å². The average Bonchev–Trinajstić information content (AvgIpc) is 3.14. The van der Waals surface area contributed by atoms with Gasteiger partial charge < -0.3 is 4.74 Å². The van der Waals surface area contributed by atoms with Gasteiger partial charge >= 0.3 is 0 Å². The summed E-state index contributed by atoms with van der Waals surface area (Å²) in [6, 6.07) is 16.2. The fourth-order valence-corrected chi connectivity index (χ4v) is 6.33. The van der Waals surface area contributed by atoms with Crippen LogP contribution in [0.2, 0.25) is 0 Å². The summed E-state index contributed by atoms with van der Waals surface area (Å²) in [6.45, 7) is 2.44. The molecule has 3 aliphatic carbocycles. The smallest absolute Gasteiger partial charge is 0.185 e. The molecule has 0 bridgehead atoms.